The molecule has 3 N–H and O–H groups in total. The van der Waals surface area contributed by atoms with Crippen molar-refractivity contribution >= 4 is 46.9 Å². The number of carbonyl (C=O) groups excluding carboxylic acids is 3. The number of halogens is 1. The molecule has 0 aliphatic rings. The van der Waals surface area contributed by atoms with Crippen LogP contribution in [0.1, 0.15) is 36.1 Å². The lowest BCUT2D eigenvalue weighted by molar-refractivity contribution is -0.136. The maximum Gasteiger partial charge on any atom is 0.329 e. The molecule has 3 aromatic carbocycles. The summed E-state index contributed by atoms with van der Waals surface area (Å²) in [4.78, 5) is 36.9. The van der Waals surface area contributed by atoms with Gasteiger partial charge in [-0.05, 0) is 68.1 Å². The molecule has 39 heavy (non-hydrogen) atoms. The van der Waals surface area contributed by atoms with Gasteiger partial charge in [-0.25, -0.2) is 5.43 Å². The minimum atomic E-state index is -0.928. The van der Waals surface area contributed by atoms with Crippen molar-refractivity contribution in [2.24, 2.45) is 5.10 Å². The van der Waals surface area contributed by atoms with Crippen LogP contribution < -0.4 is 25.5 Å². The number of aryl methyl sites for hydroxylation is 3. The van der Waals surface area contributed by atoms with E-state index in [4.69, 9.17) is 21.1 Å². The maximum atomic E-state index is 12.5. The molecular weight excluding hydrogens is 520 g/mol. The topological polar surface area (TPSA) is 118 Å². The lowest BCUT2D eigenvalue weighted by atomic mass is 10.1. The Morgan fingerprint density at radius 3 is 2.41 bits per heavy atom. The Balaban J connectivity index is 1.63. The molecule has 204 valence electrons. The molecule has 3 amide bonds. The summed E-state index contributed by atoms with van der Waals surface area (Å²) in [7, 11) is 0. The molecule has 0 aliphatic heterocycles. The highest BCUT2D eigenvalue weighted by Gasteiger charge is 2.16. The smallest absolute Gasteiger partial charge is 0.329 e. The third-order valence-corrected chi connectivity index (χ3v) is 5.85. The average Bonchev–Trinajstić information content (AvgIpc) is 2.90. The van der Waals surface area contributed by atoms with E-state index >= 15 is 0 Å². The van der Waals surface area contributed by atoms with Gasteiger partial charge in [0, 0.05) is 11.4 Å². The lowest BCUT2D eigenvalue weighted by Gasteiger charge is -2.15. The van der Waals surface area contributed by atoms with Crippen LogP contribution in [0, 0.1) is 13.8 Å². The highest BCUT2D eigenvalue weighted by atomic mass is 35.5. The number of hydrazone groups is 1. The fourth-order valence-corrected chi connectivity index (χ4v) is 3.96. The predicted octanol–water partition coefficient (Wildman–Crippen LogP) is 5.02. The molecule has 9 nitrogen and oxygen atoms in total. The first-order valence-electron chi connectivity index (χ1n) is 12.4. The molecule has 0 heterocycles. The van der Waals surface area contributed by atoms with E-state index in [0.29, 0.717) is 35.7 Å². The summed E-state index contributed by atoms with van der Waals surface area (Å²) in [5.74, 6) is -1.63. The van der Waals surface area contributed by atoms with Crippen molar-refractivity contribution in [1.82, 2.24) is 5.43 Å². The quantitative estimate of drug-likeness (QED) is 0.186. The van der Waals surface area contributed by atoms with Gasteiger partial charge < -0.3 is 20.1 Å². The standard InChI is InChI=1S/C29H31ClN4O5/c1-5-21-9-7-8-10-24(21)33-28(36)29(37)34-31-16-20-14-22(30)27(25(15-20)38-6-2)39-17-26(35)32-23-12-11-18(3)13-19(23)4/h7-16H,5-6,17H2,1-4H3,(H,32,35)(H,33,36)(H,34,37)/b31-16-. The van der Waals surface area contributed by atoms with Crippen LogP contribution in [0.15, 0.2) is 59.7 Å². The number of nitrogens with zero attached hydrogens (tertiary/aromatic N) is 1. The van der Waals surface area contributed by atoms with E-state index in [1.54, 1.807) is 25.1 Å². The average molecular weight is 551 g/mol. The van der Waals surface area contributed by atoms with Crippen molar-refractivity contribution < 1.29 is 23.9 Å². The van der Waals surface area contributed by atoms with E-state index in [-0.39, 0.29) is 23.3 Å². The molecule has 0 spiro atoms. The first kappa shape index (κ1) is 29.2. The molecule has 0 aliphatic carbocycles. The molecule has 0 saturated carbocycles. The number of amides is 3. The Hall–Kier alpha value is -4.37. The Morgan fingerprint density at radius 1 is 0.923 bits per heavy atom. The number of hydrogen-bond acceptors (Lipinski definition) is 6. The molecule has 3 aromatic rings. The number of ether oxygens (including phenoxy) is 2. The summed E-state index contributed by atoms with van der Waals surface area (Å²) in [6.07, 6.45) is 2.02. The summed E-state index contributed by atoms with van der Waals surface area (Å²) in [5.41, 5.74) is 6.88. The van der Waals surface area contributed by atoms with Crippen molar-refractivity contribution in [2.45, 2.75) is 34.1 Å². The number of para-hydroxylation sites is 1. The molecule has 10 heteroatoms. The maximum absolute atomic E-state index is 12.5. The van der Waals surface area contributed by atoms with Crippen molar-refractivity contribution in [1.29, 1.82) is 0 Å². The molecule has 0 bridgehead atoms. The van der Waals surface area contributed by atoms with Crippen molar-refractivity contribution in [3.8, 4) is 11.5 Å². The van der Waals surface area contributed by atoms with Crippen LogP contribution >= 0.6 is 11.6 Å². The van der Waals surface area contributed by atoms with E-state index in [1.807, 2.05) is 51.1 Å². The fraction of sp³-hybridized carbons (Fsp3) is 0.241. The summed E-state index contributed by atoms with van der Waals surface area (Å²) in [6.45, 7) is 7.67. The fourth-order valence-electron chi connectivity index (χ4n) is 3.69. The SMILES string of the molecule is CCOc1cc(/C=N\NC(=O)C(=O)Nc2ccccc2CC)cc(Cl)c1OCC(=O)Nc1ccc(C)cc1C. The second-order valence-corrected chi connectivity index (χ2v) is 8.99. The highest BCUT2D eigenvalue weighted by Crippen LogP contribution is 2.36. The van der Waals surface area contributed by atoms with E-state index in [9.17, 15) is 14.4 Å². The third-order valence-electron chi connectivity index (χ3n) is 5.57. The van der Waals surface area contributed by atoms with E-state index in [1.165, 1.54) is 12.3 Å². The Labute approximate surface area is 232 Å². The second-order valence-electron chi connectivity index (χ2n) is 8.58. The summed E-state index contributed by atoms with van der Waals surface area (Å²) in [6, 6.07) is 16.1. The molecule has 0 fully saturated rings. The van der Waals surface area contributed by atoms with Gasteiger partial charge in [0.15, 0.2) is 18.1 Å². The van der Waals surface area contributed by atoms with Gasteiger partial charge in [-0.1, -0.05) is 54.4 Å². The third kappa shape index (κ3) is 8.31. The molecule has 3 rings (SSSR count). The molecule has 0 radical (unpaired) electrons. The van der Waals surface area contributed by atoms with Gasteiger partial charge in [0.1, 0.15) is 0 Å². The molecule has 0 atom stereocenters. The van der Waals surface area contributed by atoms with Gasteiger partial charge in [-0.3, -0.25) is 14.4 Å². The van der Waals surface area contributed by atoms with Gasteiger partial charge in [-0.15, -0.1) is 0 Å². The number of anilines is 2. The highest BCUT2D eigenvalue weighted by molar-refractivity contribution is 6.39. The Morgan fingerprint density at radius 2 is 1.69 bits per heavy atom. The van der Waals surface area contributed by atoms with Crippen LogP contribution in [0.4, 0.5) is 11.4 Å². The summed E-state index contributed by atoms with van der Waals surface area (Å²) in [5, 5.41) is 9.43. The summed E-state index contributed by atoms with van der Waals surface area (Å²) >= 11 is 6.42. The van der Waals surface area contributed by atoms with E-state index in [0.717, 1.165) is 16.7 Å². The zero-order valence-electron chi connectivity index (χ0n) is 22.3. The second kappa shape index (κ2) is 14.0. The predicted molar refractivity (Wildman–Crippen MR) is 153 cm³/mol. The van der Waals surface area contributed by atoms with Crippen LogP contribution in [0.2, 0.25) is 5.02 Å². The number of rotatable bonds is 10. The Bertz CT molecular complexity index is 1390. The van der Waals surface area contributed by atoms with Gasteiger partial charge in [0.2, 0.25) is 0 Å². The molecule has 0 unspecified atom stereocenters. The number of carbonyl (C=O) groups is 3. The molecule has 0 aromatic heterocycles. The largest absolute Gasteiger partial charge is 0.490 e. The van der Waals surface area contributed by atoms with E-state index in [2.05, 4.69) is 21.2 Å². The van der Waals surface area contributed by atoms with Gasteiger partial charge in [-0.2, -0.15) is 5.10 Å². The van der Waals surface area contributed by atoms with Crippen LogP contribution in [0.25, 0.3) is 0 Å². The minimum Gasteiger partial charge on any atom is -0.490 e. The molecule has 0 saturated heterocycles. The normalized spacial score (nSPS) is 10.7. The van der Waals surface area contributed by atoms with Crippen LogP contribution in [-0.4, -0.2) is 37.1 Å². The van der Waals surface area contributed by atoms with Crippen LogP contribution in [0.3, 0.4) is 0 Å². The van der Waals surface area contributed by atoms with Crippen molar-refractivity contribution in [3.63, 3.8) is 0 Å². The minimum absolute atomic E-state index is 0.182. The van der Waals surface area contributed by atoms with Gasteiger partial charge in [0.05, 0.1) is 17.8 Å². The number of nitrogens with one attached hydrogen (secondary N) is 3. The zero-order valence-corrected chi connectivity index (χ0v) is 23.0. The molecular formula is C29H31ClN4O5. The number of hydrogen-bond donors (Lipinski definition) is 3. The van der Waals surface area contributed by atoms with Crippen molar-refractivity contribution in [3.05, 3.63) is 81.9 Å². The van der Waals surface area contributed by atoms with E-state index < -0.39 is 11.8 Å². The first-order chi connectivity index (χ1) is 18.7. The summed E-state index contributed by atoms with van der Waals surface area (Å²) < 4.78 is 11.3. The van der Waals surface area contributed by atoms with Crippen LogP contribution in [0.5, 0.6) is 11.5 Å². The lowest BCUT2D eigenvalue weighted by Crippen LogP contribution is -2.32. The zero-order chi connectivity index (χ0) is 28.4. The number of benzene rings is 3. The van der Waals surface area contributed by atoms with Gasteiger partial charge >= 0.3 is 11.8 Å². The van der Waals surface area contributed by atoms with Crippen molar-refractivity contribution in [2.75, 3.05) is 23.8 Å². The Kier molecular flexibility index (Phi) is 10.5. The first-order valence-corrected chi connectivity index (χ1v) is 12.8. The van der Waals surface area contributed by atoms with Crippen LogP contribution in [-0.2, 0) is 20.8 Å². The monoisotopic (exact) mass is 550 g/mol. The van der Waals surface area contributed by atoms with Gasteiger partial charge in [0.25, 0.3) is 5.91 Å².